The van der Waals surface area contributed by atoms with E-state index in [9.17, 15) is 30.8 Å². The highest BCUT2D eigenvalue weighted by Gasteiger charge is 2.33. The van der Waals surface area contributed by atoms with E-state index in [1.54, 1.807) is 12.1 Å². The van der Waals surface area contributed by atoms with Gasteiger partial charge in [-0.2, -0.15) is 13.2 Å². The van der Waals surface area contributed by atoms with Gasteiger partial charge in [-0.25, -0.2) is 17.8 Å². The molecule has 0 aliphatic heterocycles. The summed E-state index contributed by atoms with van der Waals surface area (Å²) in [5, 5.41) is 2.62. The van der Waals surface area contributed by atoms with Crippen molar-refractivity contribution in [3.05, 3.63) is 77.5 Å². The van der Waals surface area contributed by atoms with E-state index in [4.69, 9.17) is 0 Å². The summed E-state index contributed by atoms with van der Waals surface area (Å²) in [6, 6.07) is 8.81. The highest BCUT2D eigenvalue weighted by molar-refractivity contribution is 7.92. The fourth-order valence-electron chi connectivity index (χ4n) is 3.11. The number of anilines is 1. The average Bonchev–Trinajstić information content (AvgIpc) is 2.77. The second-order valence-electron chi connectivity index (χ2n) is 7.50. The minimum Gasteiger partial charge on any atom is -0.351 e. The van der Waals surface area contributed by atoms with Gasteiger partial charge < -0.3 is 5.32 Å². The van der Waals surface area contributed by atoms with Crippen molar-refractivity contribution >= 4 is 21.6 Å². The molecule has 0 radical (unpaired) electrons. The topological polar surface area (TPSA) is 101 Å². The third-order valence-corrected chi connectivity index (χ3v) is 5.43. The molecule has 0 fully saturated rings. The molecule has 180 valence electrons. The quantitative estimate of drug-likeness (QED) is 0.480. The minimum atomic E-state index is -4.64. The van der Waals surface area contributed by atoms with Crippen LogP contribution in [0.3, 0.4) is 0 Å². The van der Waals surface area contributed by atoms with Crippen molar-refractivity contribution in [3.63, 3.8) is 0 Å². The fourth-order valence-corrected chi connectivity index (χ4v) is 3.68. The molecular weight excluding hydrogens is 476 g/mol. The van der Waals surface area contributed by atoms with Gasteiger partial charge >= 0.3 is 6.18 Å². The van der Waals surface area contributed by atoms with Gasteiger partial charge in [-0.15, -0.1) is 0 Å². The summed E-state index contributed by atoms with van der Waals surface area (Å²) in [5.74, 6) is -2.19. The number of sulfonamides is 1. The highest BCUT2D eigenvalue weighted by Crippen LogP contribution is 2.31. The molecule has 0 saturated heterocycles. The summed E-state index contributed by atoms with van der Waals surface area (Å²) >= 11 is 0. The molecule has 2 N–H and O–H groups in total. The third-order valence-electron chi connectivity index (χ3n) is 4.84. The van der Waals surface area contributed by atoms with Crippen molar-refractivity contribution in [2.24, 2.45) is 0 Å². The first-order valence-electron chi connectivity index (χ1n) is 9.87. The standard InChI is InChI=1S/C22H20F4N4O3S/c1-13(14-5-7-18(17(23)10-14)30-34(2,32)33)21(31)28-12-16-6-8-19(22(24,25)26)29-20(16)15-4-3-9-27-11-15/h3-11,13,30H,12H2,1-2H3,(H,28,31). The second-order valence-corrected chi connectivity index (χ2v) is 9.25. The van der Waals surface area contributed by atoms with Gasteiger partial charge in [-0.1, -0.05) is 12.1 Å². The molecule has 0 aliphatic rings. The summed E-state index contributed by atoms with van der Waals surface area (Å²) in [7, 11) is -3.68. The van der Waals surface area contributed by atoms with E-state index in [0.717, 1.165) is 18.4 Å². The fraction of sp³-hybridized carbons (Fsp3) is 0.227. The average molecular weight is 496 g/mol. The van der Waals surface area contributed by atoms with Crippen LogP contribution in [0.25, 0.3) is 11.3 Å². The number of amides is 1. The Bertz CT molecular complexity index is 1300. The first-order valence-corrected chi connectivity index (χ1v) is 11.8. The second kappa shape index (κ2) is 9.75. The molecule has 3 aromatic rings. The van der Waals surface area contributed by atoms with Crippen molar-refractivity contribution in [2.45, 2.75) is 25.6 Å². The molecule has 2 heterocycles. The molecular formula is C22H20F4N4O3S. The molecule has 0 saturated carbocycles. The largest absolute Gasteiger partial charge is 0.433 e. The Hall–Kier alpha value is -3.54. The zero-order valence-electron chi connectivity index (χ0n) is 18.0. The maximum absolute atomic E-state index is 14.3. The number of rotatable bonds is 7. The summed E-state index contributed by atoms with van der Waals surface area (Å²) < 4.78 is 78.4. The maximum Gasteiger partial charge on any atom is 0.433 e. The Labute approximate surface area is 193 Å². The molecule has 12 heteroatoms. The van der Waals surface area contributed by atoms with Crippen LogP contribution in [0, 0.1) is 5.82 Å². The van der Waals surface area contributed by atoms with Crippen LogP contribution in [0.15, 0.2) is 54.9 Å². The number of nitrogens with one attached hydrogen (secondary N) is 2. The van der Waals surface area contributed by atoms with Crippen LogP contribution < -0.4 is 10.0 Å². The van der Waals surface area contributed by atoms with Crippen molar-refractivity contribution in [1.82, 2.24) is 15.3 Å². The van der Waals surface area contributed by atoms with Gasteiger partial charge in [-0.3, -0.25) is 14.5 Å². The van der Waals surface area contributed by atoms with E-state index in [1.165, 1.54) is 37.5 Å². The molecule has 1 unspecified atom stereocenters. The Morgan fingerprint density at radius 2 is 1.88 bits per heavy atom. The zero-order valence-corrected chi connectivity index (χ0v) is 18.8. The van der Waals surface area contributed by atoms with Gasteiger partial charge in [0, 0.05) is 24.5 Å². The van der Waals surface area contributed by atoms with E-state index in [-0.39, 0.29) is 23.5 Å². The van der Waals surface area contributed by atoms with Gasteiger partial charge in [0.05, 0.1) is 23.6 Å². The van der Waals surface area contributed by atoms with Crippen molar-refractivity contribution in [2.75, 3.05) is 11.0 Å². The van der Waals surface area contributed by atoms with Crippen LogP contribution in [0.4, 0.5) is 23.2 Å². The normalized spacial score (nSPS) is 12.8. The predicted molar refractivity (Wildman–Crippen MR) is 118 cm³/mol. The summed E-state index contributed by atoms with van der Waals surface area (Å²) in [5.41, 5.74) is -0.337. The minimum absolute atomic E-state index is 0.0260. The van der Waals surface area contributed by atoms with Crippen LogP contribution >= 0.6 is 0 Å². The zero-order chi connectivity index (χ0) is 25.1. The van der Waals surface area contributed by atoms with E-state index in [1.807, 2.05) is 4.72 Å². The monoisotopic (exact) mass is 496 g/mol. The number of halogens is 4. The lowest BCUT2D eigenvalue weighted by Crippen LogP contribution is -2.28. The molecule has 2 aromatic heterocycles. The predicted octanol–water partition coefficient (Wildman–Crippen LogP) is 4.09. The molecule has 0 aliphatic carbocycles. The molecule has 1 aromatic carbocycles. The molecule has 0 spiro atoms. The van der Waals surface area contributed by atoms with Crippen LogP contribution in [0.2, 0.25) is 0 Å². The number of nitrogens with zero attached hydrogens (tertiary/aromatic N) is 2. The molecule has 3 rings (SSSR count). The van der Waals surface area contributed by atoms with Gasteiger partial charge in [0.2, 0.25) is 15.9 Å². The molecule has 1 amide bonds. The van der Waals surface area contributed by atoms with E-state index in [0.29, 0.717) is 11.1 Å². The van der Waals surface area contributed by atoms with Gasteiger partial charge in [0.25, 0.3) is 0 Å². The number of carbonyl (C=O) groups excluding carboxylic acids is 1. The Morgan fingerprint density at radius 3 is 2.47 bits per heavy atom. The third kappa shape index (κ3) is 6.28. The molecule has 1 atom stereocenters. The number of hydrogen-bond acceptors (Lipinski definition) is 5. The van der Waals surface area contributed by atoms with E-state index >= 15 is 0 Å². The first kappa shape index (κ1) is 25.1. The molecule has 0 bridgehead atoms. The summed E-state index contributed by atoms with van der Waals surface area (Å²) in [6.45, 7) is 1.38. The number of pyridine rings is 2. The van der Waals surface area contributed by atoms with Gasteiger partial charge in [0.1, 0.15) is 11.5 Å². The Kier molecular flexibility index (Phi) is 7.20. The van der Waals surface area contributed by atoms with Gasteiger partial charge in [-0.05, 0) is 48.4 Å². The van der Waals surface area contributed by atoms with Crippen LogP contribution in [-0.4, -0.2) is 30.5 Å². The van der Waals surface area contributed by atoms with Crippen molar-refractivity contribution in [3.8, 4) is 11.3 Å². The smallest absolute Gasteiger partial charge is 0.351 e. The summed E-state index contributed by atoms with van der Waals surface area (Å²) in [6.07, 6.45) is -0.927. The number of alkyl halides is 3. The maximum atomic E-state index is 14.3. The van der Waals surface area contributed by atoms with Crippen LogP contribution in [-0.2, 0) is 27.5 Å². The summed E-state index contributed by atoms with van der Waals surface area (Å²) in [4.78, 5) is 20.3. The lowest BCUT2D eigenvalue weighted by molar-refractivity contribution is -0.141. The van der Waals surface area contributed by atoms with Crippen molar-refractivity contribution < 1.29 is 30.8 Å². The lowest BCUT2D eigenvalue weighted by Gasteiger charge is -2.16. The Balaban J connectivity index is 1.80. The van der Waals surface area contributed by atoms with E-state index in [2.05, 4.69) is 15.3 Å². The number of hydrogen-bond donors (Lipinski definition) is 2. The highest BCUT2D eigenvalue weighted by atomic mass is 32.2. The van der Waals surface area contributed by atoms with Crippen molar-refractivity contribution in [1.29, 1.82) is 0 Å². The SMILES string of the molecule is CC(C(=O)NCc1ccc(C(F)(F)F)nc1-c1cccnc1)c1ccc(NS(C)(=O)=O)c(F)c1. The first-order chi connectivity index (χ1) is 15.8. The number of aromatic nitrogens is 2. The molecule has 7 nitrogen and oxygen atoms in total. The Morgan fingerprint density at radius 1 is 1.15 bits per heavy atom. The van der Waals surface area contributed by atoms with Gasteiger partial charge in [0.15, 0.2) is 0 Å². The molecule has 34 heavy (non-hydrogen) atoms. The van der Waals surface area contributed by atoms with Crippen LogP contribution in [0.5, 0.6) is 0 Å². The number of benzene rings is 1. The van der Waals surface area contributed by atoms with Crippen LogP contribution in [0.1, 0.15) is 29.7 Å². The van der Waals surface area contributed by atoms with E-state index < -0.39 is 39.5 Å². The number of carbonyl (C=O) groups is 1. The lowest BCUT2D eigenvalue weighted by atomic mass is 9.99.